The number of aryl methyl sites for hydroxylation is 1. The van der Waals surface area contributed by atoms with Gasteiger partial charge in [-0.2, -0.15) is 0 Å². The average molecular weight is 194 g/mol. The summed E-state index contributed by atoms with van der Waals surface area (Å²) in [6.07, 6.45) is 5.30. The number of nitrogens with zero attached hydrogens (tertiary/aromatic N) is 2. The first kappa shape index (κ1) is 8.25. The van der Waals surface area contributed by atoms with E-state index in [1.54, 1.807) is 23.9 Å². The Bertz CT molecular complexity index is 365. The van der Waals surface area contributed by atoms with E-state index in [9.17, 15) is 0 Å². The number of rotatable bonds is 3. The van der Waals surface area contributed by atoms with Crippen molar-refractivity contribution in [2.24, 2.45) is 0 Å². The fraction of sp³-hybridized carbons (Fsp3) is 0.250. The molecule has 4 nitrogen and oxygen atoms in total. The van der Waals surface area contributed by atoms with Gasteiger partial charge in [0.15, 0.2) is 0 Å². The van der Waals surface area contributed by atoms with Crippen LogP contribution in [0.1, 0.15) is 9.88 Å². The Morgan fingerprint density at radius 3 is 3.08 bits per heavy atom. The second-order valence-electron chi connectivity index (χ2n) is 2.66. The highest BCUT2D eigenvalue weighted by Crippen LogP contribution is 2.12. The highest BCUT2D eigenvalue weighted by atomic mass is 32.1. The zero-order chi connectivity index (χ0) is 9.10. The van der Waals surface area contributed by atoms with E-state index < -0.39 is 0 Å². The van der Waals surface area contributed by atoms with Gasteiger partial charge in [-0.05, 0) is 6.92 Å². The molecule has 0 aliphatic rings. The number of thiazole rings is 1. The van der Waals surface area contributed by atoms with E-state index in [1.165, 1.54) is 4.88 Å². The Balaban J connectivity index is 1.93. The van der Waals surface area contributed by atoms with Crippen LogP contribution in [0.25, 0.3) is 0 Å². The largest absolute Gasteiger partial charge is 0.365 e. The van der Waals surface area contributed by atoms with Gasteiger partial charge in [-0.1, -0.05) is 0 Å². The number of hydrogen-bond acceptors (Lipinski definition) is 4. The number of anilines is 1. The second-order valence-corrected chi connectivity index (χ2v) is 3.98. The summed E-state index contributed by atoms with van der Waals surface area (Å²) in [7, 11) is 0. The number of aromatic amines is 1. The standard InChI is InChI=1S/C8H10N4S/c1-6-10-2-7(13-6)3-11-8-4-9-5-12-8/h2,4-5,11H,3H2,1H3,(H,9,12). The maximum atomic E-state index is 4.17. The van der Waals surface area contributed by atoms with Crippen molar-refractivity contribution in [3.63, 3.8) is 0 Å². The smallest absolute Gasteiger partial charge is 0.123 e. The Morgan fingerprint density at radius 1 is 1.54 bits per heavy atom. The fourth-order valence-corrected chi connectivity index (χ4v) is 1.76. The zero-order valence-corrected chi connectivity index (χ0v) is 8.06. The number of aromatic nitrogens is 3. The molecule has 0 fully saturated rings. The highest BCUT2D eigenvalue weighted by Gasteiger charge is 1.97. The molecule has 0 saturated carbocycles. The highest BCUT2D eigenvalue weighted by molar-refractivity contribution is 7.11. The Kier molecular flexibility index (Phi) is 2.27. The Labute approximate surface area is 80.1 Å². The van der Waals surface area contributed by atoms with Gasteiger partial charge in [0, 0.05) is 11.1 Å². The molecule has 0 saturated heterocycles. The van der Waals surface area contributed by atoms with Crippen molar-refractivity contribution in [3.8, 4) is 0 Å². The van der Waals surface area contributed by atoms with Crippen molar-refractivity contribution in [2.45, 2.75) is 13.5 Å². The molecule has 2 aromatic heterocycles. The van der Waals surface area contributed by atoms with Crippen molar-refractivity contribution in [2.75, 3.05) is 5.32 Å². The minimum absolute atomic E-state index is 0.799. The fourth-order valence-electron chi connectivity index (χ4n) is 1.02. The first-order valence-corrected chi connectivity index (χ1v) is 4.80. The topological polar surface area (TPSA) is 53.6 Å². The minimum atomic E-state index is 0.799. The molecule has 2 aromatic rings. The summed E-state index contributed by atoms with van der Waals surface area (Å²) >= 11 is 1.70. The van der Waals surface area contributed by atoms with E-state index >= 15 is 0 Å². The summed E-state index contributed by atoms with van der Waals surface area (Å²) in [5.74, 6) is 0.936. The third-order valence-corrected chi connectivity index (χ3v) is 2.53. The Morgan fingerprint density at radius 2 is 2.46 bits per heavy atom. The molecule has 0 unspecified atom stereocenters. The summed E-state index contributed by atoms with van der Waals surface area (Å²) in [4.78, 5) is 12.3. The van der Waals surface area contributed by atoms with E-state index in [2.05, 4.69) is 20.3 Å². The maximum absolute atomic E-state index is 4.17. The molecule has 0 aliphatic heterocycles. The van der Waals surface area contributed by atoms with Gasteiger partial charge in [-0.25, -0.2) is 9.97 Å². The molecular formula is C8H10N4S. The van der Waals surface area contributed by atoms with Crippen LogP contribution in [-0.2, 0) is 6.54 Å². The quantitative estimate of drug-likeness (QED) is 0.783. The normalized spacial score (nSPS) is 10.2. The van der Waals surface area contributed by atoms with Crippen LogP contribution in [0.3, 0.4) is 0 Å². The maximum Gasteiger partial charge on any atom is 0.123 e. The molecular weight excluding hydrogens is 184 g/mol. The van der Waals surface area contributed by atoms with Crippen molar-refractivity contribution in [1.29, 1.82) is 0 Å². The molecule has 0 radical (unpaired) electrons. The zero-order valence-electron chi connectivity index (χ0n) is 7.24. The molecule has 5 heteroatoms. The molecule has 0 aliphatic carbocycles. The summed E-state index contributed by atoms with van der Waals surface area (Å²) in [5.41, 5.74) is 0. The summed E-state index contributed by atoms with van der Waals surface area (Å²) < 4.78 is 0. The van der Waals surface area contributed by atoms with Gasteiger partial charge < -0.3 is 10.3 Å². The third-order valence-electron chi connectivity index (χ3n) is 1.62. The average Bonchev–Trinajstić information content (AvgIpc) is 2.71. The summed E-state index contributed by atoms with van der Waals surface area (Å²) in [6, 6.07) is 0. The molecule has 2 N–H and O–H groups in total. The number of H-pyrrole nitrogens is 1. The summed E-state index contributed by atoms with van der Waals surface area (Å²) in [6.45, 7) is 2.80. The van der Waals surface area contributed by atoms with E-state index in [0.29, 0.717) is 0 Å². The van der Waals surface area contributed by atoms with Gasteiger partial charge in [-0.15, -0.1) is 11.3 Å². The summed E-state index contributed by atoms with van der Waals surface area (Å²) in [5, 5.41) is 4.31. The molecule has 0 aromatic carbocycles. The first-order valence-electron chi connectivity index (χ1n) is 3.98. The van der Waals surface area contributed by atoms with Crippen molar-refractivity contribution < 1.29 is 0 Å². The van der Waals surface area contributed by atoms with Crippen molar-refractivity contribution in [1.82, 2.24) is 15.0 Å². The predicted octanol–water partition coefficient (Wildman–Crippen LogP) is 1.79. The molecule has 2 heterocycles. The van der Waals surface area contributed by atoms with E-state index in [4.69, 9.17) is 0 Å². The van der Waals surface area contributed by atoms with Crippen LogP contribution in [-0.4, -0.2) is 15.0 Å². The first-order chi connectivity index (χ1) is 6.34. The van der Waals surface area contributed by atoms with E-state index in [-0.39, 0.29) is 0 Å². The van der Waals surface area contributed by atoms with Crippen molar-refractivity contribution in [3.05, 3.63) is 28.6 Å². The lowest BCUT2D eigenvalue weighted by Gasteiger charge is -1.98. The van der Waals surface area contributed by atoms with Crippen LogP contribution < -0.4 is 5.32 Å². The molecule has 0 atom stereocenters. The minimum Gasteiger partial charge on any atom is -0.365 e. The number of imidazole rings is 1. The van der Waals surface area contributed by atoms with E-state index in [1.807, 2.05) is 13.1 Å². The van der Waals surface area contributed by atoms with E-state index in [0.717, 1.165) is 17.4 Å². The van der Waals surface area contributed by atoms with Gasteiger partial charge in [0.2, 0.25) is 0 Å². The van der Waals surface area contributed by atoms with Crippen LogP contribution in [0.4, 0.5) is 5.82 Å². The van der Waals surface area contributed by atoms with Gasteiger partial charge in [0.25, 0.3) is 0 Å². The van der Waals surface area contributed by atoms with Crippen LogP contribution in [0.15, 0.2) is 18.7 Å². The van der Waals surface area contributed by atoms with Crippen LogP contribution in [0.2, 0.25) is 0 Å². The van der Waals surface area contributed by atoms with Crippen LogP contribution in [0.5, 0.6) is 0 Å². The third kappa shape index (κ3) is 2.06. The van der Waals surface area contributed by atoms with Gasteiger partial charge >= 0.3 is 0 Å². The monoisotopic (exact) mass is 194 g/mol. The molecule has 2 rings (SSSR count). The molecule has 13 heavy (non-hydrogen) atoms. The second kappa shape index (κ2) is 3.57. The van der Waals surface area contributed by atoms with Gasteiger partial charge in [-0.3, -0.25) is 0 Å². The molecule has 0 bridgehead atoms. The van der Waals surface area contributed by atoms with Crippen molar-refractivity contribution >= 4 is 17.2 Å². The molecule has 68 valence electrons. The number of hydrogen-bond donors (Lipinski definition) is 2. The lowest BCUT2D eigenvalue weighted by Crippen LogP contribution is -1.96. The molecule has 0 amide bonds. The molecule has 0 spiro atoms. The lowest BCUT2D eigenvalue weighted by atomic mass is 10.5. The van der Waals surface area contributed by atoms with Gasteiger partial charge in [0.05, 0.1) is 24.1 Å². The lowest BCUT2D eigenvalue weighted by molar-refractivity contribution is 1.14. The number of nitrogens with one attached hydrogen (secondary N) is 2. The van der Waals surface area contributed by atoms with Gasteiger partial charge in [0.1, 0.15) is 5.82 Å². The Hall–Kier alpha value is -1.36. The predicted molar refractivity (Wildman–Crippen MR) is 52.8 cm³/mol. The van der Waals surface area contributed by atoms with Crippen LogP contribution >= 0.6 is 11.3 Å². The van der Waals surface area contributed by atoms with Crippen LogP contribution in [0, 0.1) is 6.92 Å². The SMILES string of the molecule is Cc1ncc(CNc2cnc[nH]2)s1.